The number of rotatable bonds is 8. The fourth-order valence-electron chi connectivity index (χ4n) is 5.81. The van der Waals surface area contributed by atoms with E-state index in [2.05, 4.69) is 67.2 Å². The summed E-state index contributed by atoms with van der Waals surface area (Å²) < 4.78 is 7.85. The lowest BCUT2D eigenvalue weighted by Gasteiger charge is -2.26. The van der Waals surface area contributed by atoms with E-state index < -0.39 is 6.04 Å². The second kappa shape index (κ2) is 11.0. The number of hydrogen-bond acceptors (Lipinski definition) is 3. The lowest BCUT2D eigenvalue weighted by molar-refractivity contribution is -0.117. The number of aromatic nitrogens is 1. The Labute approximate surface area is 240 Å². The SMILES string of the molecule is CCCOc1ccc(NC(=O)CN2C(=O)c3ccccc3C2c2c(-c3ccc(C)cc3)n(C)c3ccccc23)cc1. The zero-order valence-electron chi connectivity index (χ0n) is 23.6. The Balaban J connectivity index is 1.41. The topological polar surface area (TPSA) is 63.6 Å². The van der Waals surface area contributed by atoms with Crippen LogP contribution in [-0.2, 0) is 11.8 Å². The average Bonchev–Trinajstić information content (AvgIpc) is 3.43. The largest absolute Gasteiger partial charge is 0.494 e. The van der Waals surface area contributed by atoms with Gasteiger partial charge in [0.15, 0.2) is 0 Å². The van der Waals surface area contributed by atoms with Gasteiger partial charge in [0.05, 0.1) is 18.3 Å². The number of hydrogen-bond donors (Lipinski definition) is 1. The van der Waals surface area contributed by atoms with Crippen molar-refractivity contribution in [2.75, 3.05) is 18.5 Å². The molecule has 6 nitrogen and oxygen atoms in total. The summed E-state index contributed by atoms with van der Waals surface area (Å²) in [4.78, 5) is 29.0. The van der Waals surface area contributed by atoms with Crippen molar-refractivity contribution in [2.24, 2.45) is 7.05 Å². The summed E-state index contributed by atoms with van der Waals surface area (Å²) in [6.07, 6.45) is 0.925. The molecule has 1 N–H and O–H groups in total. The van der Waals surface area contributed by atoms with Crippen LogP contribution in [0.15, 0.2) is 97.1 Å². The van der Waals surface area contributed by atoms with Crippen LogP contribution in [-0.4, -0.2) is 34.4 Å². The van der Waals surface area contributed by atoms with E-state index in [0.717, 1.165) is 45.5 Å². The van der Waals surface area contributed by atoms with Gasteiger partial charge in [-0.05, 0) is 60.9 Å². The highest BCUT2D eigenvalue weighted by molar-refractivity contribution is 6.05. The molecule has 1 aliphatic heterocycles. The van der Waals surface area contributed by atoms with Gasteiger partial charge in [-0.25, -0.2) is 0 Å². The zero-order valence-corrected chi connectivity index (χ0v) is 23.6. The molecule has 41 heavy (non-hydrogen) atoms. The first-order valence-electron chi connectivity index (χ1n) is 14.0. The number of para-hydroxylation sites is 1. The van der Waals surface area contributed by atoms with Crippen molar-refractivity contribution in [1.29, 1.82) is 0 Å². The molecule has 0 spiro atoms. The molecule has 0 saturated heterocycles. The third-order valence-corrected chi connectivity index (χ3v) is 7.73. The molecule has 4 aromatic carbocycles. The highest BCUT2D eigenvalue weighted by atomic mass is 16.5. The minimum atomic E-state index is -0.420. The summed E-state index contributed by atoms with van der Waals surface area (Å²) in [5.74, 6) is 0.358. The van der Waals surface area contributed by atoms with Crippen molar-refractivity contribution in [3.8, 4) is 17.0 Å². The van der Waals surface area contributed by atoms with E-state index in [1.165, 1.54) is 5.56 Å². The molecule has 0 saturated carbocycles. The van der Waals surface area contributed by atoms with Crippen LogP contribution < -0.4 is 10.1 Å². The maximum Gasteiger partial charge on any atom is 0.255 e. The van der Waals surface area contributed by atoms with Crippen LogP contribution in [0.2, 0.25) is 0 Å². The van der Waals surface area contributed by atoms with Gasteiger partial charge in [0.25, 0.3) is 5.91 Å². The van der Waals surface area contributed by atoms with Gasteiger partial charge in [-0.15, -0.1) is 0 Å². The number of nitrogens with one attached hydrogen (secondary N) is 1. The standard InChI is InChI=1S/C35H33N3O3/c1-4-21-41-26-19-17-25(18-20-26)36-31(39)22-38-34(27-9-5-6-10-28(27)35(38)40)32-29-11-7-8-12-30(29)37(3)33(32)24-15-13-23(2)14-16-24/h5-20,34H,4,21-22H2,1-3H3,(H,36,39). The number of fused-ring (bicyclic) bond motifs is 2. The van der Waals surface area contributed by atoms with Crippen LogP contribution in [0.25, 0.3) is 22.2 Å². The molecule has 1 aliphatic rings. The number of nitrogens with zero attached hydrogens (tertiary/aromatic N) is 2. The summed E-state index contributed by atoms with van der Waals surface area (Å²) in [5, 5.41) is 4.04. The number of carbonyl (C=O) groups is 2. The highest BCUT2D eigenvalue weighted by Gasteiger charge is 2.41. The number of benzene rings is 4. The van der Waals surface area contributed by atoms with Gasteiger partial charge in [-0.3, -0.25) is 9.59 Å². The molecule has 6 rings (SSSR count). The van der Waals surface area contributed by atoms with Gasteiger partial charge in [0.2, 0.25) is 5.91 Å². The van der Waals surface area contributed by atoms with Crippen LogP contribution in [0, 0.1) is 6.92 Å². The Bertz CT molecular complexity index is 1740. The van der Waals surface area contributed by atoms with Crippen LogP contribution in [0.5, 0.6) is 5.75 Å². The quantitative estimate of drug-likeness (QED) is 0.227. The second-order valence-corrected chi connectivity index (χ2v) is 10.5. The maximum atomic E-state index is 13.9. The van der Waals surface area contributed by atoms with E-state index in [1.54, 1.807) is 4.90 Å². The van der Waals surface area contributed by atoms with Crippen LogP contribution in [0.1, 0.15) is 46.4 Å². The lowest BCUT2D eigenvalue weighted by Crippen LogP contribution is -2.36. The summed E-state index contributed by atoms with van der Waals surface area (Å²) in [5.41, 5.74) is 7.58. The number of anilines is 1. The van der Waals surface area contributed by atoms with Crippen molar-refractivity contribution in [3.63, 3.8) is 0 Å². The molecule has 0 aliphatic carbocycles. The molecule has 0 fully saturated rings. The van der Waals surface area contributed by atoms with E-state index in [4.69, 9.17) is 4.74 Å². The van der Waals surface area contributed by atoms with Crippen molar-refractivity contribution in [2.45, 2.75) is 26.3 Å². The van der Waals surface area contributed by atoms with E-state index in [0.29, 0.717) is 17.9 Å². The number of ether oxygens (including phenoxy) is 1. The molecule has 1 aromatic heterocycles. The average molecular weight is 544 g/mol. The fraction of sp³-hybridized carbons (Fsp3) is 0.200. The second-order valence-electron chi connectivity index (χ2n) is 10.5. The fourth-order valence-corrected chi connectivity index (χ4v) is 5.81. The van der Waals surface area contributed by atoms with Crippen molar-refractivity contribution >= 4 is 28.4 Å². The Morgan fingerprint density at radius 3 is 2.37 bits per heavy atom. The van der Waals surface area contributed by atoms with Gasteiger partial charge >= 0.3 is 0 Å². The summed E-state index contributed by atoms with van der Waals surface area (Å²) in [6.45, 7) is 4.69. The van der Waals surface area contributed by atoms with E-state index in [-0.39, 0.29) is 18.4 Å². The lowest BCUT2D eigenvalue weighted by atomic mass is 9.93. The molecule has 206 valence electrons. The highest BCUT2D eigenvalue weighted by Crippen LogP contribution is 2.46. The zero-order chi connectivity index (χ0) is 28.5. The molecule has 6 heteroatoms. The molecule has 2 heterocycles. The maximum absolute atomic E-state index is 13.9. The molecule has 1 atom stereocenters. The third kappa shape index (κ3) is 4.86. The first kappa shape index (κ1) is 26.4. The summed E-state index contributed by atoms with van der Waals surface area (Å²) >= 11 is 0. The number of aryl methyl sites for hydroxylation is 2. The van der Waals surface area contributed by atoms with Gasteiger partial charge in [-0.1, -0.05) is 73.2 Å². The Kier molecular flexibility index (Phi) is 7.06. The monoisotopic (exact) mass is 543 g/mol. The third-order valence-electron chi connectivity index (χ3n) is 7.73. The minimum absolute atomic E-state index is 0.0805. The van der Waals surface area contributed by atoms with Crippen molar-refractivity contribution in [1.82, 2.24) is 9.47 Å². The summed E-state index contributed by atoms with van der Waals surface area (Å²) in [6, 6.07) is 31.3. The number of carbonyl (C=O) groups excluding carboxylic acids is 2. The molecule has 2 amide bonds. The van der Waals surface area contributed by atoms with Gasteiger partial charge < -0.3 is 19.5 Å². The minimum Gasteiger partial charge on any atom is -0.494 e. The summed E-state index contributed by atoms with van der Waals surface area (Å²) in [7, 11) is 2.06. The smallest absolute Gasteiger partial charge is 0.255 e. The van der Waals surface area contributed by atoms with Crippen LogP contribution in [0.4, 0.5) is 5.69 Å². The predicted octanol–water partition coefficient (Wildman–Crippen LogP) is 7.13. The molecular weight excluding hydrogens is 510 g/mol. The molecule has 1 unspecified atom stereocenters. The van der Waals surface area contributed by atoms with Gasteiger partial charge in [-0.2, -0.15) is 0 Å². The molecule has 5 aromatic rings. The van der Waals surface area contributed by atoms with Gasteiger partial charge in [0.1, 0.15) is 12.3 Å². The molecule has 0 bridgehead atoms. The van der Waals surface area contributed by atoms with Crippen LogP contribution in [0.3, 0.4) is 0 Å². The van der Waals surface area contributed by atoms with Crippen LogP contribution >= 0.6 is 0 Å². The number of amides is 2. The van der Waals surface area contributed by atoms with E-state index in [1.807, 2.05) is 60.7 Å². The van der Waals surface area contributed by atoms with Crippen molar-refractivity contribution < 1.29 is 14.3 Å². The Hall–Kier alpha value is -4.84. The van der Waals surface area contributed by atoms with Gasteiger partial charge in [0, 0.05) is 34.8 Å². The Morgan fingerprint density at radius 2 is 1.61 bits per heavy atom. The molecular formula is C35H33N3O3. The van der Waals surface area contributed by atoms with Crippen molar-refractivity contribution in [3.05, 3.63) is 119 Å². The normalized spacial score (nSPS) is 14.4. The van der Waals surface area contributed by atoms with E-state index >= 15 is 0 Å². The molecule has 0 radical (unpaired) electrons. The van der Waals surface area contributed by atoms with E-state index in [9.17, 15) is 9.59 Å². The first-order valence-corrected chi connectivity index (χ1v) is 14.0. The predicted molar refractivity (Wildman–Crippen MR) is 163 cm³/mol. The Morgan fingerprint density at radius 1 is 0.902 bits per heavy atom. The first-order chi connectivity index (χ1) is 20.0.